The van der Waals surface area contributed by atoms with Gasteiger partial charge in [0.05, 0.1) is 26.0 Å². The minimum Gasteiger partial charge on any atom is -0.469 e. The number of hydroxylamine groups is 1. The third-order valence-corrected chi connectivity index (χ3v) is 8.26. The number of methoxy groups -OCH3 is 2. The molecule has 2 N–H and O–H groups in total. The number of hydrazine groups is 1. The number of allylic oxidation sites excluding steroid dienone is 3. The van der Waals surface area contributed by atoms with Crippen molar-refractivity contribution in [1.29, 1.82) is 0 Å². The summed E-state index contributed by atoms with van der Waals surface area (Å²) in [6.45, 7) is 7.22. The van der Waals surface area contributed by atoms with Gasteiger partial charge in [-0.05, 0) is 88.6 Å². The second-order valence-electron chi connectivity index (χ2n) is 13.0. The molecule has 0 radical (unpaired) electrons. The van der Waals surface area contributed by atoms with E-state index in [-0.39, 0.29) is 58.5 Å². The number of likely N-dealkylation sites (tertiary alicyclic amines) is 1. The van der Waals surface area contributed by atoms with Crippen molar-refractivity contribution in [2.75, 3.05) is 46.1 Å². The first-order valence-electron chi connectivity index (χ1n) is 16.6. The zero-order valence-electron chi connectivity index (χ0n) is 29.4. The van der Waals surface area contributed by atoms with Crippen molar-refractivity contribution in [2.24, 2.45) is 0 Å². The maximum atomic E-state index is 14.0. The number of halogens is 3. The highest BCUT2D eigenvalue weighted by molar-refractivity contribution is 5.82. The molecule has 4 rings (SSSR count). The molecule has 0 bridgehead atoms. The van der Waals surface area contributed by atoms with Crippen molar-refractivity contribution in [2.45, 2.75) is 96.7 Å². The van der Waals surface area contributed by atoms with Gasteiger partial charge in [-0.15, -0.1) is 0 Å². The Hall–Kier alpha value is -4.02. The van der Waals surface area contributed by atoms with Gasteiger partial charge in [-0.25, -0.2) is 14.4 Å². The van der Waals surface area contributed by atoms with Crippen LogP contribution in [0.2, 0.25) is 0 Å². The van der Waals surface area contributed by atoms with Crippen LogP contribution in [0.4, 0.5) is 23.7 Å². The Morgan fingerprint density at radius 2 is 1.88 bits per heavy atom. The second kappa shape index (κ2) is 16.8. The molecule has 50 heavy (non-hydrogen) atoms. The summed E-state index contributed by atoms with van der Waals surface area (Å²) in [5.41, 5.74) is 3.75. The number of amides is 1. The average Bonchev–Trinajstić information content (AvgIpc) is 3.14. The standard InChI is InChI=1S/C34H47F3N4O9/c1-7-48-31(43)27-14-10-22(18-40(27)32(44)50-33(2,3)4)38-26-13-11-24-25(23(26)12-15-29(42)46-6)19-47-16-8-9-21-17-28(34(35,36)37)39-41(30(21)24)49-20-45-5/h11,13,17,22,27,38-39H,7-10,12,14-16,18-20H2,1-6H3/t22-,27+/m1/s1. The Bertz CT molecular complexity index is 1460. The van der Waals surface area contributed by atoms with E-state index in [0.717, 1.165) is 11.2 Å². The topological polar surface area (TPSA) is 137 Å². The molecule has 2 atom stereocenters. The van der Waals surface area contributed by atoms with Gasteiger partial charge in [0, 0.05) is 44.0 Å². The molecule has 278 valence electrons. The highest BCUT2D eigenvalue weighted by Crippen LogP contribution is 2.40. The molecule has 1 fully saturated rings. The first kappa shape index (κ1) is 38.8. The number of fused-ring (bicyclic) bond motifs is 2. The molecule has 1 amide bonds. The zero-order valence-corrected chi connectivity index (χ0v) is 29.4. The maximum absolute atomic E-state index is 14.0. The van der Waals surface area contributed by atoms with Gasteiger partial charge in [0.2, 0.25) is 0 Å². The second-order valence-corrected chi connectivity index (χ2v) is 13.0. The molecule has 0 spiro atoms. The molecule has 3 heterocycles. The number of carbonyl (C=O) groups excluding carboxylic acids is 3. The van der Waals surface area contributed by atoms with Crippen molar-refractivity contribution >= 4 is 29.4 Å². The van der Waals surface area contributed by atoms with Gasteiger partial charge in [0.25, 0.3) is 0 Å². The van der Waals surface area contributed by atoms with E-state index in [9.17, 15) is 27.6 Å². The van der Waals surface area contributed by atoms with E-state index in [1.54, 1.807) is 39.8 Å². The van der Waals surface area contributed by atoms with Crippen molar-refractivity contribution in [1.82, 2.24) is 15.5 Å². The van der Waals surface area contributed by atoms with Crippen LogP contribution in [0.3, 0.4) is 0 Å². The number of carbonyl (C=O) groups is 3. The Balaban J connectivity index is 1.79. The van der Waals surface area contributed by atoms with Gasteiger partial charge in [0.1, 0.15) is 17.3 Å². The summed E-state index contributed by atoms with van der Waals surface area (Å²) in [5.74, 6) is -0.969. The fraction of sp³-hybridized carbons (Fsp3) is 0.618. The molecule has 3 aliphatic rings. The molecular weight excluding hydrogens is 665 g/mol. The van der Waals surface area contributed by atoms with Crippen LogP contribution in [0.15, 0.2) is 29.5 Å². The van der Waals surface area contributed by atoms with Crippen LogP contribution in [0.25, 0.3) is 5.70 Å². The highest BCUT2D eigenvalue weighted by Gasteiger charge is 2.41. The van der Waals surface area contributed by atoms with E-state index in [0.29, 0.717) is 52.9 Å². The van der Waals surface area contributed by atoms with E-state index >= 15 is 0 Å². The van der Waals surface area contributed by atoms with E-state index in [1.807, 2.05) is 0 Å². The number of hydrogen-bond donors (Lipinski definition) is 2. The minimum absolute atomic E-state index is 0.00738. The Morgan fingerprint density at radius 1 is 1.12 bits per heavy atom. The van der Waals surface area contributed by atoms with Crippen LogP contribution in [0.1, 0.15) is 76.5 Å². The first-order valence-corrected chi connectivity index (χ1v) is 16.6. The number of rotatable bonds is 10. The van der Waals surface area contributed by atoms with Gasteiger partial charge in [-0.1, -0.05) is 6.07 Å². The van der Waals surface area contributed by atoms with Crippen LogP contribution < -0.4 is 10.7 Å². The Labute approximate surface area is 289 Å². The zero-order chi connectivity index (χ0) is 36.6. The van der Waals surface area contributed by atoms with Gasteiger partial charge >= 0.3 is 24.2 Å². The molecule has 0 saturated carbocycles. The smallest absolute Gasteiger partial charge is 0.432 e. The Kier molecular flexibility index (Phi) is 13.0. The highest BCUT2D eigenvalue weighted by atomic mass is 19.4. The van der Waals surface area contributed by atoms with Gasteiger partial charge in [-0.2, -0.15) is 18.3 Å². The van der Waals surface area contributed by atoms with Crippen molar-refractivity contribution < 1.29 is 56.1 Å². The molecule has 16 heteroatoms. The summed E-state index contributed by atoms with van der Waals surface area (Å²) in [5, 5.41) is 4.48. The molecule has 0 aromatic heterocycles. The number of benzene rings is 1. The number of nitrogens with one attached hydrogen (secondary N) is 2. The summed E-state index contributed by atoms with van der Waals surface area (Å²) in [6.07, 6.45) is -2.53. The van der Waals surface area contributed by atoms with Crippen LogP contribution in [0, 0.1) is 0 Å². The molecule has 1 aromatic rings. The van der Waals surface area contributed by atoms with Crippen molar-refractivity contribution in [3.63, 3.8) is 0 Å². The van der Waals surface area contributed by atoms with E-state index in [1.165, 1.54) is 19.1 Å². The van der Waals surface area contributed by atoms with Gasteiger partial charge in [0.15, 0.2) is 6.79 Å². The van der Waals surface area contributed by atoms with Crippen LogP contribution >= 0.6 is 0 Å². The van der Waals surface area contributed by atoms with Crippen LogP contribution in [-0.4, -0.2) is 92.7 Å². The normalized spacial score (nSPS) is 19.9. The number of nitrogens with zero attached hydrogens (tertiary/aromatic N) is 2. The summed E-state index contributed by atoms with van der Waals surface area (Å²) in [7, 11) is 2.65. The van der Waals surface area contributed by atoms with E-state index in [4.69, 9.17) is 28.5 Å². The monoisotopic (exact) mass is 712 g/mol. The largest absolute Gasteiger partial charge is 0.469 e. The van der Waals surface area contributed by atoms with Crippen LogP contribution in [0.5, 0.6) is 0 Å². The summed E-state index contributed by atoms with van der Waals surface area (Å²) >= 11 is 0. The average molecular weight is 713 g/mol. The number of anilines is 1. The molecule has 0 aliphatic carbocycles. The van der Waals surface area contributed by atoms with Gasteiger partial charge < -0.3 is 29.0 Å². The predicted molar refractivity (Wildman–Crippen MR) is 175 cm³/mol. The lowest BCUT2D eigenvalue weighted by molar-refractivity contribution is -0.214. The number of hydrogen-bond acceptors (Lipinski definition) is 12. The number of esters is 2. The quantitative estimate of drug-likeness (QED) is 0.184. The van der Waals surface area contributed by atoms with Crippen LogP contribution in [-0.2, 0) is 51.1 Å². The minimum atomic E-state index is -4.68. The number of alkyl halides is 3. The lowest BCUT2D eigenvalue weighted by atomic mass is 9.90. The van der Waals surface area contributed by atoms with E-state index < -0.39 is 41.5 Å². The predicted octanol–water partition coefficient (Wildman–Crippen LogP) is 5.36. The lowest BCUT2D eigenvalue weighted by Crippen LogP contribution is -2.55. The summed E-state index contributed by atoms with van der Waals surface area (Å²) in [4.78, 5) is 45.6. The third kappa shape index (κ3) is 9.82. The number of ether oxygens (including phenoxy) is 5. The molecule has 1 aromatic carbocycles. The molecule has 3 aliphatic heterocycles. The fourth-order valence-corrected chi connectivity index (χ4v) is 6.07. The molecule has 13 nitrogen and oxygen atoms in total. The number of piperidine rings is 1. The molecule has 1 saturated heterocycles. The third-order valence-electron chi connectivity index (χ3n) is 8.26. The molecule has 0 unspecified atom stereocenters. The summed E-state index contributed by atoms with van der Waals surface area (Å²) < 4.78 is 68.8. The fourth-order valence-electron chi connectivity index (χ4n) is 6.07. The lowest BCUT2D eigenvalue weighted by Gasteiger charge is -2.39. The SMILES string of the molecule is CCOC(=O)[C@@H]1CC[C@@H](Nc2ccc3c(c2CCC(=O)OC)COCCCC2=C3N(OCOC)NC(C(F)(F)F)=C2)CN1C(=O)OC(C)(C)C. The summed E-state index contributed by atoms with van der Waals surface area (Å²) in [6, 6.07) is 2.37. The van der Waals surface area contributed by atoms with Gasteiger partial charge in [-0.3, -0.25) is 15.1 Å². The van der Waals surface area contributed by atoms with E-state index in [2.05, 4.69) is 10.7 Å². The van der Waals surface area contributed by atoms with Crippen molar-refractivity contribution in [3.8, 4) is 0 Å². The Morgan fingerprint density at radius 3 is 2.54 bits per heavy atom. The maximum Gasteiger partial charge on any atom is 0.432 e. The first-order chi connectivity index (χ1) is 23.7. The van der Waals surface area contributed by atoms with Crippen molar-refractivity contribution in [3.05, 3.63) is 46.2 Å². The molecular formula is C34H47F3N4O9.